The molecule has 0 unspecified atom stereocenters. The quantitative estimate of drug-likeness (QED) is 0.625. The minimum Gasteiger partial charge on any atom is -0.497 e. The van der Waals surface area contributed by atoms with E-state index in [1.165, 1.54) is 0 Å². The van der Waals surface area contributed by atoms with Crippen LogP contribution >= 0.6 is 12.6 Å². The van der Waals surface area contributed by atoms with Gasteiger partial charge in [0.2, 0.25) is 0 Å². The van der Waals surface area contributed by atoms with Crippen LogP contribution in [0.1, 0.15) is 12.0 Å². The summed E-state index contributed by atoms with van der Waals surface area (Å²) in [5.41, 5.74) is 0.896. The molecule has 0 atom stereocenters. The zero-order valence-electron chi connectivity index (χ0n) is 8.91. The summed E-state index contributed by atoms with van der Waals surface area (Å²) in [5, 5.41) is 0. The number of thiol groups is 1. The molecule has 0 fully saturated rings. The van der Waals surface area contributed by atoms with Crippen molar-refractivity contribution in [1.82, 2.24) is 0 Å². The highest BCUT2D eigenvalue weighted by atomic mass is 32.1. The number of ether oxygens (including phenoxy) is 2. The maximum absolute atomic E-state index is 5.14. The molecule has 0 saturated carbocycles. The van der Waals surface area contributed by atoms with Crippen LogP contribution in [-0.2, 0) is 0 Å². The summed E-state index contributed by atoms with van der Waals surface area (Å²) >= 11 is 4.09. The molecular formula is C12H14O2S. The van der Waals surface area contributed by atoms with Crippen LogP contribution in [0.2, 0.25) is 0 Å². The Morgan fingerprint density at radius 1 is 1.13 bits per heavy atom. The molecule has 0 amide bonds. The molecule has 0 aromatic heterocycles. The molecule has 15 heavy (non-hydrogen) atoms. The fourth-order valence-corrected chi connectivity index (χ4v) is 1.21. The number of hydrogen-bond donors (Lipinski definition) is 1. The molecule has 1 rings (SSSR count). The Bertz CT molecular complexity index is 355. The van der Waals surface area contributed by atoms with Crippen LogP contribution in [0.3, 0.4) is 0 Å². The minimum atomic E-state index is 0.754. The number of benzene rings is 1. The van der Waals surface area contributed by atoms with Gasteiger partial charge in [-0.1, -0.05) is 11.8 Å². The standard InChI is InChI=1S/C12H14O2S/c1-13-11-7-10(5-3-4-6-15)8-12(9-11)14-2/h7-9,15H,4,6H2,1-2H3. The zero-order chi connectivity index (χ0) is 11.1. The lowest BCUT2D eigenvalue weighted by Crippen LogP contribution is -1.88. The van der Waals surface area contributed by atoms with Crippen LogP contribution in [0.4, 0.5) is 0 Å². The second-order valence-corrected chi connectivity index (χ2v) is 3.32. The van der Waals surface area contributed by atoms with Gasteiger partial charge < -0.3 is 9.47 Å². The van der Waals surface area contributed by atoms with E-state index in [1.54, 1.807) is 14.2 Å². The Labute approximate surface area is 96.0 Å². The first kappa shape index (κ1) is 11.8. The average molecular weight is 222 g/mol. The predicted octanol–water partition coefficient (Wildman–Crippen LogP) is 2.38. The molecule has 80 valence electrons. The molecule has 1 aromatic rings. The topological polar surface area (TPSA) is 18.5 Å². The molecule has 0 heterocycles. The Kier molecular flexibility index (Phi) is 4.92. The normalized spacial score (nSPS) is 9.00. The summed E-state index contributed by atoms with van der Waals surface area (Å²) in [6, 6.07) is 5.59. The van der Waals surface area contributed by atoms with Gasteiger partial charge in [0.25, 0.3) is 0 Å². The van der Waals surface area contributed by atoms with E-state index in [-0.39, 0.29) is 0 Å². The fourth-order valence-electron chi connectivity index (χ4n) is 1.10. The van der Waals surface area contributed by atoms with Crippen molar-refractivity contribution in [2.24, 2.45) is 0 Å². The minimum absolute atomic E-state index is 0.754. The predicted molar refractivity (Wildman–Crippen MR) is 64.9 cm³/mol. The van der Waals surface area contributed by atoms with Crippen LogP contribution in [0.5, 0.6) is 11.5 Å². The van der Waals surface area contributed by atoms with Crippen molar-refractivity contribution in [1.29, 1.82) is 0 Å². The summed E-state index contributed by atoms with van der Waals surface area (Å²) < 4.78 is 10.3. The van der Waals surface area contributed by atoms with Crippen molar-refractivity contribution in [2.75, 3.05) is 20.0 Å². The molecular weight excluding hydrogens is 208 g/mol. The van der Waals surface area contributed by atoms with Gasteiger partial charge in [-0.2, -0.15) is 12.6 Å². The van der Waals surface area contributed by atoms with Gasteiger partial charge in [0.15, 0.2) is 0 Å². The summed E-state index contributed by atoms with van der Waals surface area (Å²) in [6.07, 6.45) is 0.780. The molecule has 0 aliphatic rings. The SMILES string of the molecule is COc1cc(C#CCCS)cc(OC)c1. The first-order chi connectivity index (χ1) is 7.30. The van der Waals surface area contributed by atoms with Crippen LogP contribution in [0.15, 0.2) is 18.2 Å². The van der Waals surface area contributed by atoms with Crippen LogP contribution < -0.4 is 9.47 Å². The van der Waals surface area contributed by atoms with E-state index in [2.05, 4.69) is 24.5 Å². The van der Waals surface area contributed by atoms with Crippen LogP contribution in [-0.4, -0.2) is 20.0 Å². The largest absolute Gasteiger partial charge is 0.497 e. The van der Waals surface area contributed by atoms with Crippen molar-refractivity contribution in [2.45, 2.75) is 6.42 Å². The number of rotatable bonds is 3. The third-order valence-electron chi connectivity index (χ3n) is 1.82. The van der Waals surface area contributed by atoms with Crippen LogP contribution in [0, 0.1) is 11.8 Å². The maximum atomic E-state index is 5.14. The Morgan fingerprint density at radius 3 is 2.20 bits per heavy atom. The summed E-state index contributed by atoms with van der Waals surface area (Å²) in [7, 11) is 3.25. The Hall–Kier alpha value is -1.27. The second-order valence-electron chi connectivity index (χ2n) is 2.88. The summed E-state index contributed by atoms with van der Waals surface area (Å²) in [4.78, 5) is 0. The molecule has 0 N–H and O–H groups in total. The molecule has 0 aliphatic heterocycles. The molecule has 0 radical (unpaired) electrons. The van der Waals surface area contributed by atoms with E-state index in [4.69, 9.17) is 9.47 Å². The lowest BCUT2D eigenvalue weighted by Gasteiger charge is -2.04. The van der Waals surface area contributed by atoms with E-state index in [9.17, 15) is 0 Å². The van der Waals surface area contributed by atoms with E-state index in [0.717, 1.165) is 29.2 Å². The third kappa shape index (κ3) is 3.77. The molecule has 2 nitrogen and oxygen atoms in total. The monoisotopic (exact) mass is 222 g/mol. The highest BCUT2D eigenvalue weighted by Gasteiger charge is 1.98. The lowest BCUT2D eigenvalue weighted by atomic mass is 10.2. The maximum Gasteiger partial charge on any atom is 0.123 e. The highest BCUT2D eigenvalue weighted by Crippen LogP contribution is 2.21. The van der Waals surface area contributed by atoms with E-state index >= 15 is 0 Å². The Balaban J connectivity index is 2.93. The molecule has 0 saturated heterocycles. The van der Waals surface area contributed by atoms with E-state index in [1.807, 2.05) is 18.2 Å². The van der Waals surface area contributed by atoms with Crippen molar-refractivity contribution in [3.05, 3.63) is 23.8 Å². The van der Waals surface area contributed by atoms with Crippen molar-refractivity contribution < 1.29 is 9.47 Å². The van der Waals surface area contributed by atoms with Gasteiger partial charge >= 0.3 is 0 Å². The smallest absolute Gasteiger partial charge is 0.123 e. The fraction of sp³-hybridized carbons (Fsp3) is 0.333. The molecule has 0 bridgehead atoms. The molecule has 1 aromatic carbocycles. The van der Waals surface area contributed by atoms with Crippen molar-refractivity contribution >= 4 is 12.6 Å². The first-order valence-corrected chi connectivity index (χ1v) is 5.26. The zero-order valence-corrected chi connectivity index (χ0v) is 9.80. The van der Waals surface area contributed by atoms with Gasteiger partial charge in [0.1, 0.15) is 11.5 Å². The first-order valence-electron chi connectivity index (χ1n) is 4.63. The van der Waals surface area contributed by atoms with Crippen molar-refractivity contribution in [3.63, 3.8) is 0 Å². The van der Waals surface area contributed by atoms with Gasteiger partial charge in [-0.05, 0) is 12.1 Å². The third-order valence-corrected chi connectivity index (χ3v) is 2.04. The summed E-state index contributed by atoms with van der Waals surface area (Å²) in [6.45, 7) is 0. The Morgan fingerprint density at radius 2 is 1.73 bits per heavy atom. The summed E-state index contributed by atoms with van der Waals surface area (Å²) in [5.74, 6) is 8.33. The number of hydrogen-bond acceptors (Lipinski definition) is 3. The van der Waals surface area contributed by atoms with E-state index < -0.39 is 0 Å². The van der Waals surface area contributed by atoms with E-state index in [0.29, 0.717) is 0 Å². The van der Waals surface area contributed by atoms with Gasteiger partial charge in [-0.25, -0.2) is 0 Å². The molecule has 3 heteroatoms. The molecule has 0 aliphatic carbocycles. The van der Waals surface area contributed by atoms with Crippen molar-refractivity contribution in [3.8, 4) is 23.3 Å². The highest BCUT2D eigenvalue weighted by molar-refractivity contribution is 7.80. The van der Waals surface area contributed by atoms with Gasteiger partial charge in [-0.15, -0.1) is 0 Å². The van der Waals surface area contributed by atoms with Gasteiger partial charge in [-0.3, -0.25) is 0 Å². The van der Waals surface area contributed by atoms with Gasteiger partial charge in [0, 0.05) is 23.8 Å². The van der Waals surface area contributed by atoms with Gasteiger partial charge in [0.05, 0.1) is 14.2 Å². The second kappa shape index (κ2) is 6.26. The lowest BCUT2D eigenvalue weighted by molar-refractivity contribution is 0.394. The number of methoxy groups -OCH3 is 2. The molecule has 0 spiro atoms. The van der Waals surface area contributed by atoms with Crippen LogP contribution in [0.25, 0.3) is 0 Å². The average Bonchev–Trinajstić information content (AvgIpc) is 2.29.